The smallest absolute Gasteiger partial charge is 0.305 e. The Morgan fingerprint density at radius 1 is 0.475 bits per heavy atom. The third-order valence-electron chi connectivity index (χ3n) is 16.2. The van der Waals surface area contributed by atoms with Crippen LogP contribution in [0.4, 0.5) is 0 Å². The van der Waals surface area contributed by atoms with E-state index in [2.05, 4.69) is 22.1 Å². The van der Waals surface area contributed by atoms with Crippen LogP contribution in [-0.2, 0) is 89.1 Å². The molecule has 0 saturated carbocycles. The molecule has 6 rings (SSSR count). The summed E-state index contributed by atoms with van der Waals surface area (Å²) in [6, 6.07) is 14.2. The van der Waals surface area contributed by atoms with Crippen molar-refractivity contribution in [1.29, 1.82) is 0 Å². The zero-order valence-corrected chi connectivity index (χ0v) is 60.3. The molecule has 2 amide bonds. The Kier molecular flexibility index (Phi) is 39.1. The van der Waals surface area contributed by atoms with Gasteiger partial charge in [0.05, 0.1) is 187 Å². The minimum Gasteiger partial charge on any atom is -0.481 e. The molecule has 4 aromatic rings. The van der Waals surface area contributed by atoms with Gasteiger partial charge in [-0.15, -0.1) is 22.7 Å². The molecule has 2 aliphatic rings. The molecule has 0 radical (unpaired) electrons. The number of rotatable bonds is 44. The number of likely N-dealkylation sites (tertiary alicyclic amines) is 2. The summed E-state index contributed by atoms with van der Waals surface area (Å²) >= 11 is 3.20. The maximum Gasteiger partial charge on any atom is 0.305 e. The Labute approximate surface area is 589 Å². The standard InChI is InChI=1S/C36H52N2O10S.C23H31N3O3S.C12H22O8/c1-25-34(49-24-37-25)27-8-5-26(6-9-27)7-10-32(41)31-22-29(40)23-38(31)35(44)30(36(2,3)4)21-28(39)11-13-45-15-17-47-19-20-48-18-16-46-14-12-33(42)43;1-14-20(30-13-25-14)16-8-5-15(6-9-16)7-10-19(28)18-11-17(27)12-26(18)22(29)21(24)23(2,3)4;13-11(14)1-3-17-5-7-19-9-10-20-8-6-18-4-2-12(15)16/h5-6,8-9,24,29-31,40H,7,10-23H2,1-4H3,(H,42,43);5-6,8-9,13,17-18,21,27H,7,10-12,24H2,1-4H3;1-10H2,(H,13,14)(H,15,16)/t29-,30-,31+;17-,18+,21-;/m11./s1. The van der Waals surface area contributed by atoms with E-state index < -0.39 is 65.0 Å². The number of aliphatic hydroxyl groups excluding tert-OH is 2. The maximum atomic E-state index is 13.9. The van der Waals surface area contributed by atoms with Crippen LogP contribution in [0.1, 0.15) is 122 Å². The summed E-state index contributed by atoms with van der Waals surface area (Å²) in [7, 11) is 0. The number of thiazole rings is 2. The number of carboxylic acids is 3. The van der Waals surface area contributed by atoms with E-state index in [0.29, 0.717) is 98.5 Å². The van der Waals surface area contributed by atoms with Crippen LogP contribution in [0.15, 0.2) is 59.6 Å². The number of carboxylic acid groups (broad SMARTS) is 3. The lowest BCUT2D eigenvalue weighted by molar-refractivity contribution is -0.146. The number of amides is 2. The average molecular weight is 1430 g/mol. The number of Topliss-reactive ketones (excluding diaryl/α,β-unsaturated/α-hetero) is 3. The van der Waals surface area contributed by atoms with Crippen LogP contribution >= 0.6 is 22.7 Å². The fourth-order valence-electron chi connectivity index (χ4n) is 10.4. The van der Waals surface area contributed by atoms with Crippen molar-refractivity contribution < 1.29 is 102 Å². The average Bonchev–Trinajstić information content (AvgIpc) is 1.72. The number of nitrogens with two attached hydrogens (primary N) is 1. The second-order valence-electron chi connectivity index (χ2n) is 26.2. The van der Waals surface area contributed by atoms with Crippen LogP contribution in [0.3, 0.4) is 0 Å². The number of carbonyl (C=O) groups is 8. The number of hydrogen-bond donors (Lipinski definition) is 6. The predicted octanol–water partition coefficient (Wildman–Crippen LogP) is 7.09. The van der Waals surface area contributed by atoms with Crippen LogP contribution in [0.5, 0.6) is 0 Å². The Balaban J connectivity index is 0.000000352. The van der Waals surface area contributed by atoms with Crippen LogP contribution in [0, 0.1) is 30.6 Å². The van der Waals surface area contributed by atoms with Crippen molar-refractivity contribution in [3.05, 3.63) is 82.1 Å². The molecular formula is C71H105N5O21S2. The van der Waals surface area contributed by atoms with E-state index in [0.717, 1.165) is 43.4 Å². The number of ether oxygens (including phenoxy) is 8. The zero-order valence-electron chi connectivity index (χ0n) is 58.7. The Morgan fingerprint density at radius 2 is 0.788 bits per heavy atom. The number of aliphatic hydroxyl groups is 2. The lowest BCUT2D eigenvalue weighted by Crippen LogP contribution is -2.53. The van der Waals surface area contributed by atoms with Crippen LogP contribution < -0.4 is 5.73 Å². The minimum absolute atomic E-state index is 0.00894. The summed E-state index contributed by atoms with van der Waals surface area (Å²) in [4.78, 5) is 111. The molecule has 2 aromatic heterocycles. The number of ketones is 3. The summed E-state index contributed by atoms with van der Waals surface area (Å²) in [5, 5.41) is 45.8. The van der Waals surface area contributed by atoms with Gasteiger partial charge in [0, 0.05) is 57.5 Å². The predicted molar refractivity (Wildman–Crippen MR) is 371 cm³/mol. The molecule has 28 heteroatoms. The van der Waals surface area contributed by atoms with Gasteiger partial charge in [0.2, 0.25) is 11.8 Å². The number of benzene rings is 2. The molecule has 0 unspecified atom stereocenters. The highest BCUT2D eigenvalue weighted by atomic mass is 32.1. The van der Waals surface area contributed by atoms with Gasteiger partial charge in [0.15, 0.2) is 11.6 Å². The second-order valence-corrected chi connectivity index (χ2v) is 27.9. The molecular weight excluding hydrogens is 1320 g/mol. The number of aromatic nitrogens is 2. The molecule has 0 bridgehead atoms. The summed E-state index contributed by atoms with van der Waals surface area (Å²) in [6.07, 6.45) is 0.829. The number of hydrogen-bond acceptors (Lipinski definition) is 23. The fourth-order valence-corrected chi connectivity index (χ4v) is 12.1. The number of nitrogens with zero attached hydrogens (tertiary/aromatic N) is 4. The van der Waals surface area contributed by atoms with Crippen LogP contribution in [-0.4, -0.2) is 242 Å². The molecule has 2 aromatic carbocycles. The highest BCUT2D eigenvalue weighted by Crippen LogP contribution is 2.35. The third kappa shape index (κ3) is 32.9. The van der Waals surface area contributed by atoms with Crippen molar-refractivity contribution in [2.45, 2.75) is 156 Å². The molecule has 2 saturated heterocycles. The summed E-state index contributed by atoms with van der Waals surface area (Å²) < 4.78 is 41.9. The first kappa shape index (κ1) is 85.0. The molecule has 4 heterocycles. The van der Waals surface area contributed by atoms with Gasteiger partial charge in [0.25, 0.3) is 0 Å². The lowest BCUT2D eigenvalue weighted by Gasteiger charge is -2.34. The van der Waals surface area contributed by atoms with Crippen LogP contribution in [0.2, 0.25) is 0 Å². The number of carbonyl (C=O) groups excluding carboxylic acids is 5. The quantitative estimate of drug-likeness (QED) is 0.0241. The van der Waals surface area contributed by atoms with Crippen molar-refractivity contribution in [3.8, 4) is 20.9 Å². The zero-order chi connectivity index (χ0) is 72.9. The molecule has 552 valence electrons. The molecule has 2 fully saturated rings. The summed E-state index contributed by atoms with van der Waals surface area (Å²) in [5.41, 5.74) is 15.1. The maximum absolute atomic E-state index is 13.9. The molecule has 2 aliphatic heterocycles. The minimum atomic E-state index is -0.903. The van der Waals surface area contributed by atoms with Crippen molar-refractivity contribution >= 4 is 69.7 Å². The monoisotopic (exact) mass is 1430 g/mol. The van der Waals surface area contributed by atoms with E-state index in [4.69, 9.17) is 58.9 Å². The van der Waals surface area contributed by atoms with E-state index >= 15 is 0 Å². The van der Waals surface area contributed by atoms with Gasteiger partial charge in [-0.3, -0.25) is 38.4 Å². The first-order chi connectivity index (χ1) is 47.1. The van der Waals surface area contributed by atoms with E-state index in [1.165, 1.54) is 9.80 Å². The highest BCUT2D eigenvalue weighted by molar-refractivity contribution is 7.13. The van der Waals surface area contributed by atoms with Gasteiger partial charge >= 0.3 is 17.9 Å². The Bertz CT molecular complexity index is 3050. The molecule has 26 nitrogen and oxygen atoms in total. The van der Waals surface area contributed by atoms with Gasteiger partial charge in [-0.25, -0.2) is 9.97 Å². The molecule has 0 spiro atoms. The highest BCUT2D eigenvalue weighted by Gasteiger charge is 2.45. The third-order valence-corrected chi connectivity index (χ3v) is 18.2. The first-order valence-electron chi connectivity index (χ1n) is 33.6. The van der Waals surface area contributed by atoms with Gasteiger partial charge < -0.3 is 79.0 Å². The van der Waals surface area contributed by atoms with Gasteiger partial charge in [-0.2, -0.15) is 0 Å². The topological polar surface area (TPSA) is 370 Å². The number of β-amino-alcohol motifs (C(OH)–C–C–N with tert-alkyl or cyclic N) is 2. The molecule has 0 aliphatic carbocycles. The van der Waals surface area contributed by atoms with Gasteiger partial charge in [-0.05, 0) is 59.8 Å². The Hall–Kier alpha value is -6.38. The van der Waals surface area contributed by atoms with Crippen molar-refractivity contribution in [2.75, 3.05) is 119 Å². The number of aliphatic carboxylic acids is 3. The lowest BCUT2D eigenvalue weighted by atomic mass is 9.76. The molecule has 99 heavy (non-hydrogen) atoms. The molecule has 6 atom stereocenters. The largest absolute Gasteiger partial charge is 0.481 e. The van der Waals surface area contributed by atoms with E-state index in [1.807, 2.05) is 103 Å². The van der Waals surface area contributed by atoms with Crippen molar-refractivity contribution in [3.63, 3.8) is 0 Å². The summed E-state index contributed by atoms with van der Waals surface area (Å²) in [5.74, 6) is -4.07. The van der Waals surface area contributed by atoms with E-state index in [9.17, 15) is 48.6 Å². The van der Waals surface area contributed by atoms with E-state index in [1.54, 1.807) is 22.7 Å². The van der Waals surface area contributed by atoms with Gasteiger partial charge in [-0.1, -0.05) is 90.1 Å². The van der Waals surface area contributed by atoms with E-state index in [-0.39, 0.29) is 120 Å². The SMILES string of the molecule is Cc1ncsc1-c1ccc(CCC(=O)[C@@H]2C[C@@H](O)CN2C(=O)[C@@H](CC(=O)CCOCCOCCOCCOCCC(=O)O)C(C)(C)C)cc1.Cc1ncsc1-c1ccc(CCC(=O)[C@@H]2C[C@@H](O)CN2C(=O)[C@@H](N)C(C)(C)C)cc1.O=C(O)CCOCCOCCOCCOCCC(=O)O. The normalized spacial score (nSPS) is 16.7. The van der Waals surface area contributed by atoms with Crippen LogP contribution in [0.25, 0.3) is 20.9 Å². The van der Waals surface area contributed by atoms with Gasteiger partial charge in [0.1, 0.15) is 5.78 Å². The first-order valence-corrected chi connectivity index (χ1v) is 35.4. The Morgan fingerprint density at radius 3 is 1.08 bits per heavy atom. The summed E-state index contributed by atoms with van der Waals surface area (Å²) in [6.45, 7) is 20.7. The van der Waals surface area contributed by atoms with Crippen molar-refractivity contribution in [2.24, 2.45) is 22.5 Å². The fraction of sp³-hybridized carbons (Fsp3) is 0.634. The molecule has 7 N–H and O–H groups in total. The van der Waals surface area contributed by atoms with Crippen molar-refractivity contribution in [1.82, 2.24) is 19.8 Å². The second kappa shape index (κ2) is 45.5. The number of aryl methyl sites for hydroxylation is 4.